The molecule has 0 saturated heterocycles. The first-order valence-corrected chi connectivity index (χ1v) is 6.07. The Morgan fingerprint density at radius 3 is 2.50 bits per heavy atom. The van der Waals surface area contributed by atoms with Crippen molar-refractivity contribution in [2.24, 2.45) is 7.05 Å². The number of likely N-dealkylation sites (N-methyl/N-ethyl adjacent to an activating group) is 1. The molecular formula is C14H18FN3. The fourth-order valence-electron chi connectivity index (χ4n) is 2.01. The zero-order chi connectivity index (χ0) is 13.0. The number of nitrogens with one attached hydrogen (secondary N) is 1. The third kappa shape index (κ3) is 3.40. The number of benzene rings is 1. The van der Waals surface area contributed by atoms with E-state index in [2.05, 4.69) is 10.4 Å². The lowest BCUT2D eigenvalue weighted by atomic mass is 10.0. The highest BCUT2D eigenvalue weighted by Crippen LogP contribution is 2.09. The van der Waals surface area contributed by atoms with Crippen LogP contribution in [0.25, 0.3) is 0 Å². The Kier molecular flexibility index (Phi) is 4.10. The van der Waals surface area contributed by atoms with E-state index >= 15 is 0 Å². The molecule has 0 bridgehead atoms. The Labute approximate surface area is 107 Å². The summed E-state index contributed by atoms with van der Waals surface area (Å²) in [6.07, 6.45) is 3.68. The van der Waals surface area contributed by atoms with Gasteiger partial charge in [0, 0.05) is 25.7 Å². The Hall–Kier alpha value is -1.68. The van der Waals surface area contributed by atoms with Crippen LogP contribution in [-0.4, -0.2) is 22.9 Å². The van der Waals surface area contributed by atoms with Crippen molar-refractivity contribution in [1.29, 1.82) is 0 Å². The highest BCUT2D eigenvalue weighted by molar-refractivity contribution is 5.18. The smallest absolute Gasteiger partial charge is 0.123 e. The Balaban J connectivity index is 1.99. The molecule has 1 unspecified atom stereocenters. The Bertz CT molecular complexity index is 490. The molecule has 0 fully saturated rings. The largest absolute Gasteiger partial charge is 0.316 e. The summed E-state index contributed by atoms with van der Waals surface area (Å²) in [4.78, 5) is 0. The first-order valence-electron chi connectivity index (χ1n) is 6.07. The number of hydrogen-bond donors (Lipinski definition) is 1. The molecule has 2 rings (SSSR count). The molecule has 1 heterocycles. The van der Waals surface area contributed by atoms with Crippen LogP contribution in [0, 0.1) is 5.82 Å². The Morgan fingerprint density at radius 2 is 1.94 bits per heavy atom. The molecule has 1 N–H and O–H groups in total. The molecule has 1 atom stereocenters. The van der Waals surface area contributed by atoms with E-state index < -0.39 is 0 Å². The molecule has 2 aromatic rings. The van der Waals surface area contributed by atoms with Crippen LogP contribution in [0.2, 0.25) is 0 Å². The number of halogens is 1. The van der Waals surface area contributed by atoms with Gasteiger partial charge in [0.25, 0.3) is 0 Å². The fourth-order valence-corrected chi connectivity index (χ4v) is 2.01. The number of aromatic nitrogens is 2. The second-order valence-corrected chi connectivity index (χ2v) is 4.50. The molecule has 0 aliphatic heterocycles. The van der Waals surface area contributed by atoms with E-state index in [0.29, 0.717) is 6.04 Å². The molecule has 18 heavy (non-hydrogen) atoms. The lowest BCUT2D eigenvalue weighted by Gasteiger charge is -2.15. The maximum absolute atomic E-state index is 12.8. The molecule has 0 amide bonds. The van der Waals surface area contributed by atoms with Crippen molar-refractivity contribution in [3.63, 3.8) is 0 Å². The maximum atomic E-state index is 12.8. The zero-order valence-electron chi connectivity index (χ0n) is 10.7. The predicted molar refractivity (Wildman–Crippen MR) is 69.9 cm³/mol. The van der Waals surface area contributed by atoms with Gasteiger partial charge in [0.1, 0.15) is 5.82 Å². The molecule has 4 heteroatoms. The van der Waals surface area contributed by atoms with E-state index in [4.69, 9.17) is 0 Å². The summed E-state index contributed by atoms with van der Waals surface area (Å²) in [5.74, 6) is -0.190. The van der Waals surface area contributed by atoms with Gasteiger partial charge in [-0.05, 0) is 37.2 Å². The maximum Gasteiger partial charge on any atom is 0.123 e. The average Bonchev–Trinajstić information content (AvgIpc) is 2.77. The van der Waals surface area contributed by atoms with Gasteiger partial charge in [-0.1, -0.05) is 12.1 Å². The predicted octanol–water partition coefficient (Wildman–Crippen LogP) is 1.93. The minimum absolute atomic E-state index is 0.190. The normalized spacial score (nSPS) is 12.6. The second-order valence-electron chi connectivity index (χ2n) is 4.50. The molecule has 1 aromatic heterocycles. The minimum atomic E-state index is -0.190. The topological polar surface area (TPSA) is 29.9 Å². The molecule has 1 aromatic carbocycles. The van der Waals surface area contributed by atoms with Gasteiger partial charge >= 0.3 is 0 Å². The standard InChI is InChI=1S/C14H18FN3/c1-16-14(10-13-7-8-18(2)17-13)9-11-3-5-12(15)6-4-11/h3-8,14,16H,9-10H2,1-2H3. The van der Waals surface area contributed by atoms with Gasteiger partial charge in [-0.3, -0.25) is 4.68 Å². The van der Waals surface area contributed by atoms with Crippen LogP contribution in [0.5, 0.6) is 0 Å². The van der Waals surface area contributed by atoms with Crippen LogP contribution in [-0.2, 0) is 19.9 Å². The van der Waals surface area contributed by atoms with Crippen molar-refractivity contribution in [1.82, 2.24) is 15.1 Å². The number of rotatable bonds is 5. The molecule has 96 valence electrons. The van der Waals surface area contributed by atoms with Crippen molar-refractivity contribution >= 4 is 0 Å². The lowest BCUT2D eigenvalue weighted by Crippen LogP contribution is -2.30. The van der Waals surface area contributed by atoms with Gasteiger partial charge in [0.05, 0.1) is 5.69 Å². The van der Waals surface area contributed by atoms with Crippen molar-refractivity contribution in [2.75, 3.05) is 7.05 Å². The van der Waals surface area contributed by atoms with E-state index in [9.17, 15) is 4.39 Å². The summed E-state index contributed by atoms with van der Waals surface area (Å²) in [6, 6.07) is 9.00. The van der Waals surface area contributed by atoms with E-state index in [1.807, 2.05) is 38.5 Å². The summed E-state index contributed by atoms with van der Waals surface area (Å²) in [7, 11) is 3.86. The van der Waals surface area contributed by atoms with Gasteiger partial charge in [0.15, 0.2) is 0 Å². The molecule has 0 saturated carbocycles. The van der Waals surface area contributed by atoms with Gasteiger partial charge in [-0.15, -0.1) is 0 Å². The monoisotopic (exact) mass is 247 g/mol. The molecule has 3 nitrogen and oxygen atoms in total. The summed E-state index contributed by atoms with van der Waals surface area (Å²) in [5.41, 5.74) is 2.20. The van der Waals surface area contributed by atoms with Crippen LogP contribution >= 0.6 is 0 Å². The quantitative estimate of drug-likeness (QED) is 0.875. The van der Waals surface area contributed by atoms with Crippen LogP contribution in [0.1, 0.15) is 11.3 Å². The van der Waals surface area contributed by atoms with Crippen LogP contribution in [0.4, 0.5) is 4.39 Å². The van der Waals surface area contributed by atoms with Crippen molar-refractivity contribution in [2.45, 2.75) is 18.9 Å². The van der Waals surface area contributed by atoms with Crippen molar-refractivity contribution < 1.29 is 4.39 Å². The number of aryl methyl sites for hydroxylation is 1. The molecular weight excluding hydrogens is 229 g/mol. The summed E-state index contributed by atoms with van der Waals surface area (Å²) >= 11 is 0. The number of nitrogens with zero attached hydrogens (tertiary/aromatic N) is 2. The second kappa shape index (κ2) is 5.78. The van der Waals surface area contributed by atoms with Crippen molar-refractivity contribution in [3.8, 4) is 0 Å². The van der Waals surface area contributed by atoms with Gasteiger partial charge in [-0.25, -0.2) is 4.39 Å². The van der Waals surface area contributed by atoms with Crippen LogP contribution in [0.15, 0.2) is 36.5 Å². The van der Waals surface area contributed by atoms with Crippen molar-refractivity contribution in [3.05, 3.63) is 53.6 Å². The van der Waals surface area contributed by atoms with E-state index in [0.717, 1.165) is 24.1 Å². The third-order valence-electron chi connectivity index (χ3n) is 3.03. The SMILES string of the molecule is CNC(Cc1ccc(F)cc1)Cc1ccn(C)n1. The van der Waals surface area contributed by atoms with Crippen LogP contribution < -0.4 is 5.32 Å². The molecule has 0 aliphatic carbocycles. The zero-order valence-corrected chi connectivity index (χ0v) is 10.7. The lowest BCUT2D eigenvalue weighted by molar-refractivity contribution is 0.544. The van der Waals surface area contributed by atoms with Crippen LogP contribution in [0.3, 0.4) is 0 Å². The summed E-state index contributed by atoms with van der Waals surface area (Å²) in [5, 5.41) is 7.65. The van der Waals surface area contributed by atoms with E-state index in [1.54, 1.807) is 4.68 Å². The van der Waals surface area contributed by atoms with Gasteiger partial charge < -0.3 is 5.32 Å². The van der Waals surface area contributed by atoms with E-state index in [-0.39, 0.29) is 5.82 Å². The molecule has 0 radical (unpaired) electrons. The summed E-state index contributed by atoms with van der Waals surface area (Å²) < 4.78 is 14.6. The first-order chi connectivity index (χ1) is 8.67. The first kappa shape index (κ1) is 12.8. The van der Waals surface area contributed by atoms with E-state index in [1.165, 1.54) is 12.1 Å². The Morgan fingerprint density at radius 1 is 1.22 bits per heavy atom. The molecule has 0 spiro atoms. The number of hydrogen-bond acceptors (Lipinski definition) is 2. The highest BCUT2D eigenvalue weighted by atomic mass is 19.1. The summed E-state index contributed by atoms with van der Waals surface area (Å²) in [6.45, 7) is 0. The molecule has 0 aliphatic rings. The van der Waals surface area contributed by atoms with Gasteiger partial charge in [-0.2, -0.15) is 5.10 Å². The average molecular weight is 247 g/mol. The minimum Gasteiger partial charge on any atom is -0.316 e. The highest BCUT2D eigenvalue weighted by Gasteiger charge is 2.10. The third-order valence-corrected chi connectivity index (χ3v) is 3.03. The van der Waals surface area contributed by atoms with Gasteiger partial charge in [0.2, 0.25) is 0 Å². The fraction of sp³-hybridized carbons (Fsp3) is 0.357.